The highest BCUT2D eigenvalue weighted by atomic mass is 32.1. The van der Waals surface area contributed by atoms with E-state index in [4.69, 9.17) is 4.42 Å². The summed E-state index contributed by atoms with van der Waals surface area (Å²) in [6, 6.07) is 12.2. The van der Waals surface area contributed by atoms with Crippen molar-refractivity contribution in [3.8, 4) is 0 Å². The fourth-order valence-corrected chi connectivity index (χ4v) is 3.53. The standard InChI is InChI=1S/C20H23N3O2S/c1-13-5-4-6-16(9-13)10-17-11-22-20(26-17)23-19(24)12-21-15(3)18-8-7-14(2)25-18/h4-9,11,15,21H,10,12H2,1-3H3,(H,22,23,24). The van der Waals surface area contributed by atoms with Gasteiger partial charge in [0.25, 0.3) is 0 Å². The minimum atomic E-state index is -0.114. The molecule has 1 amide bonds. The second kappa shape index (κ2) is 8.29. The maximum absolute atomic E-state index is 12.1. The summed E-state index contributed by atoms with van der Waals surface area (Å²) in [6.45, 7) is 6.15. The fourth-order valence-electron chi connectivity index (χ4n) is 2.67. The summed E-state index contributed by atoms with van der Waals surface area (Å²) in [6.07, 6.45) is 2.65. The number of nitrogens with zero attached hydrogens (tertiary/aromatic N) is 1. The van der Waals surface area contributed by atoms with Crippen LogP contribution in [0.1, 0.15) is 40.5 Å². The third-order valence-corrected chi connectivity index (χ3v) is 4.93. The Morgan fingerprint density at radius 3 is 2.85 bits per heavy atom. The van der Waals surface area contributed by atoms with E-state index in [0.29, 0.717) is 5.13 Å². The monoisotopic (exact) mass is 369 g/mol. The third kappa shape index (κ3) is 5.03. The van der Waals surface area contributed by atoms with Gasteiger partial charge in [0, 0.05) is 17.5 Å². The molecule has 0 spiro atoms. The zero-order valence-electron chi connectivity index (χ0n) is 15.2. The lowest BCUT2D eigenvalue weighted by Gasteiger charge is -2.10. The molecule has 3 aromatic rings. The highest BCUT2D eigenvalue weighted by Gasteiger charge is 2.12. The number of rotatable bonds is 7. The molecule has 2 heterocycles. The summed E-state index contributed by atoms with van der Waals surface area (Å²) in [5.41, 5.74) is 2.49. The topological polar surface area (TPSA) is 67.2 Å². The number of furan rings is 1. The van der Waals surface area contributed by atoms with Crippen LogP contribution in [0.3, 0.4) is 0 Å². The van der Waals surface area contributed by atoms with Gasteiger partial charge in [-0.15, -0.1) is 11.3 Å². The molecule has 0 saturated heterocycles. The van der Waals surface area contributed by atoms with E-state index < -0.39 is 0 Å². The number of aryl methyl sites for hydroxylation is 2. The number of anilines is 1. The molecule has 0 radical (unpaired) electrons. The molecule has 0 aliphatic heterocycles. The largest absolute Gasteiger partial charge is 0.465 e. The number of hydrogen-bond acceptors (Lipinski definition) is 5. The van der Waals surface area contributed by atoms with Crippen molar-refractivity contribution in [2.75, 3.05) is 11.9 Å². The number of thiazole rings is 1. The average Bonchev–Trinajstić information content (AvgIpc) is 3.22. The van der Waals surface area contributed by atoms with Gasteiger partial charge >= 0.3 is 0 Å². The number of aromatic nitrogens is 1. The molecule has 5 nitrogen and oxygen atoms in total. The van der Waals surface area contributed by atoms with Crippen molar-refractivity contribution in [2.24, 2.45) is 0 Å². The van der Waals surface area contributed by atoms with Crippen molar-refractivity contribution >= 4 is 22.4 Å². The van der Waals surface area contributed by atoms with Crippen LogP contribution in [0.2, 0.25) is 0 Å². The Morgan fingerprint density at radius 1 is 1.27 bits per heavy atom. The van der Waals surface area contributed by atoms with E-state index in [2.05, 4.69) is 46.8 Å². The quantitative estimate of drug-likeness (QED) is 0.654. The Hall–Kier alpha value is -2.44. The molecule has 2 N–H and O–H groups in total. The molecular formula is C20H23N3O2S. The minimum absolute atomic E-state index is 0.0253. The molecule has 26 heavy (non-hydrogen) atoms. The summed E-state index contributed by atoms with van der Waals surface area (Å²) in [5, 5.41) is 6.63. The van der Waals surface area contributed by atoms with E-state index in [1.807, 2.05) is 32.2 Å². The Bertz CT molecular complexity index is 885. The van der Waals surface area contributed by atoms with Crippen LogP contribution in [-0.4, -0.2) is 17.4 Å². The SMILES string of the molecule is Cc1cccc(Cc2cnc(NC(=O)CNC(C)c3ccc(C)o3)s2)c1. The van der Waals surface area contributed by atoms with Crippen LogP contribution in [0.25, 0.3) is 0 Å². The van der Waals surface area contributed by atoms with E-state index in [1.54, 1.807) is 0 Å². The highest BCUT2D eigenvalue weighted by molar-refractivity contribution is 7.15. The Labute approximate surface area is 157 Å². The predicted molar refractivity (Wildman–Crippen MR) is 105 cm³/mol. The minimum Gasteiger partial charge on any atom is -0.465 e. The van der Waals surface area contributed by atoms with E-state index in [1.165, 1.54) is 22.5 Å². The first-order valence-corrected chi connectivity index (χ1v) is 9.41. The number of amides is 1. The molecule has 136 valence electrons. The number of carbonyl (C=O) groups is 1. The molecule has 0 saturated carbocycles. The zero-order chi connectivity index (χ0) is 18.5. The number of nitrogens with one attached hydrogen (secondary N) is 2. The summed E-state index contributed by atoms with van der Waals surface area (Å²) >= 11 is 1.51. The van der Waals surface area contributed by atoms with Crippen molar-refractivity contribution in [1.82, 2.24) is 10.3 Å². The maximum Gasteiger partial charge on any atom is 0.240 e. The molecule has 1 aromatic carbocycles. The summed E-state index contributed by atoms with van der Waals surface area (Å²) in [7, 11) is 0. The number of carbonyl (C=O) groups excluding carboxylic acids is 1. The number of benzene rings is 1. The molecule has 1 atom stereocenters. The summed E-state index contributed by atoms with van der Waals surface area (Å²) in [4.78, 5) is 17.6. The van der Waals surface area contributed by atoms with Gasteiger partial charge in [0.15, 0.2) is 5.13 Å². The lowest BCUT2D eigenvalue weighted by Crippen LogP contribution is -2.29. The highest BCUT2D eigenvalue weighted by Crippen LogP contribution is 2.21. The van der Waals surface area contributed by atoms with Gasteiger partial charge in [0.05, 0.1) is 12.6 Å². The molecule has 0 aliphatic carbocycles. The first kappa shape index (κ1) is 18.4. The first-order chi connectivity index (χ1) is 12.5. The van der Waals surface area contributed by atoms with Gasteiger partial charge < -0.3 is 9.73 Å². The van der Waals surface area contributed by atoms with Gasteiger partial charge in [-0.3, -0.25) is 10.1 Å². The summed E-state index contributed by atoms with van der Waals surface area (Å²) < 4.78 is 5.56. The van der Waals surface area contributed by atoms with Crippen LogP contribution in [0.15, 0.2) is 47.0 Å². The summed E-state index contributed by atoms with van der Waals surface area (Å²) in [5.74, 6) is 1.57. The van der Waals surface area contributed by atoms with E-state index in [9.17, 15) is 4.79 Å². The Balaban J connectivity index is 1.49. The molecule has 6 heteroatoms. The second-order valence-electron chi connectivity index (χ2n) is 6.40. The average molecular weight is 369 g/mol. The van der Waals surface area contributed by atoms with Crippen LogP contribution >= 0.6 is 11.3 Å². The normalized spacial score (nSPS) is 12.1. The van der Waals surface area contributed by atoms with E-state index in [-0.39, 0.29) is 18.5 Å². The van der Waals surface area contributed by atoms with Crippen LogP contribution in [0.5, 0.6) is 0 Å². The lowest BCUT2D eigenvalue weighted by atomic mass is 10.1. The van der Waals surface area contributed by atoms with Gasteiger partial charge in [0.1, 0.15) is 11.5 Å². The lowest BCUT2D eigenvalue weighted by molar-refractivity contribution is -0.115. The van der Waals surface area contributed by atoms with E-state index >= 15 is 0 Å². The molecule has 0 aliphatic rings. The van der Waals surface area contributed by atoms with Crippen LogP contribution in [-0.2, 0) is 11.2 Å². The zero-order valence-corrected chi connectivity index (χ0v) is 16.0. The van der Waals surface area contributed by atoms with Crippen molar-refractivity contribution in [3.63, 3.8) is 0 Å². The van der Waals surface area contributed by atoms with Crippen molar-refractivity contribution in [3.05, 3.63) is 70.1 Å². The molecule has 3 rings (SSSR count). The smallest absolute Gasteiger partial charge is 0.240 e. The first-order valence-electron chi connectivity index (χ1n) is 8.59. The second-order valence-corrected chi connectivity index (χ2v) is 7.51. The maximum atomic E-state index is 12.1. The van der Waals surface area contributed by atoms with Gasteiger partial charge in [-0.2, -0.15) is 0 Å². The van der Waals surface area contributed by atoms with Crippen molar-refractivity contribution < 1.29 is 9.21 Å². The molecule has 0 fully saturated rings. The van der Waals surface area contributed by atoms with Gasteiger partial charge in [-0.05, 0) is 38.5 Å². The predicted octanol–water partition coefficient (Wildman–Crippen LogP) is 4.23. The Morgan fingerprint density at radius 2 is 2.12 bits per heavy atom. The van der Waals surface area contributed by atoms with Crippen LogP contribution in [0.4, 0.5) is 5.13 Å². The molecule has 1 unspecified atom stereocenters. The van der Waals surface area contributed by atoms with E-state index in [0.717, 1.165) is 22.8 Å². The van der Waals surface area contributed by atoms with Crippen molar-refractivity contribution in [2.45, 2.75) is 33.2 Å². The van der Waals surface area contributed by atoms with Gasteiger partial charge in [-0.25, -0.2) is 4.98 Å². The molecule has 0 bridgehead atoms. The third-order valence-electron chi connectivity index (χ3n) is 4.02. The molecular weight excluding hydrogens is 346 g/mol. The molecule has 2 aromatic heterocycles. The van der Waals surface area contributed by atoms with Gasteiger partial charge in [0.2, 0.25) is 5.91 Å². The fraction of sp³-hybridized carbons (Fsp3) is 0.300. The van der Waals surface area contributed by atoms with Crippen molar-refractivity contribution in [1.29, 1.82) is 0 Å². The van der Waals surface area contributed by atoms with Crippen LogP contribution < -0.4 is 10.6 Å². The number of hydrogen-bond donors (Lipinski definition) is 2. The van der Waals surface area contributed by atoms with Crippen LogP contribution in [0, 0.1) is 13.8 Å². The Kier molecular flexibility index (Phi) is 5.85. The van der Waals surface area contributed by atoms with Gasteiger partial charge in [-0.1, -0.05) is 29.8 Å².